The lowest BCUT2D eigenvalue weighted by Gasteiger charge is -2.38. The summed E-state index contributed by atoms with van der Waals surface area (Å²) in [4.78, 5) is 13.1. The Morgan fingerprint density at radius 3 is 1.81 bits per heavy atom. The number of anilines is 2. The number of carbonyl (C=O) groups excluding carboxylic acids is 1. The molecule has 1 saturated heterocycles. The number of piperazine rings is 1. The van der Waals surface area contributed by atoms with E-state index >= 15 is 0 Å². The highest BCUT2D eigenvalue weighted by Gasteiger charge is 2.43. The number of rotatable bonds is 9. The van der Waals surface area contributed by atoms with Crippen LogP contribution in [0.3, 0.4) is 0 Å². The molecule has 18 heteroatoms. The van der Waals surface area contributed by atoms with Crippen LogP contribution in [0, 0.1) is 0 Å². The maximum atomic E-state index is 13.7. The number of hydrogen-bond acceptors (Lipinski definition) is 7. The molecule has 1 fully saturated rings. The molecular weight excluding hydrogens is 717 g/mol. The van der Waals surface area contributed by atoms with Crippen molar-refractivity contribution in [1.82, 2.24) is 8.61 Å². The lowest BCUT2D eigenvalue weighted by molar-refractivity contribution is -0.137. The molecule has 1 aliphatic rings. The number of carbonyl (C=O) groups is 1. The minimum atomic E-state index is -4.82. The standard InChI is InChI=1S/C30H26ClF3N4O7S3/c31-27-16-13-22(19-26(27)30(32,33)34)36-46(40,41)23-14-11-21(12-15-23)35-29(39)28-20-37(47(42,43)24-7-3-1-4-8-24)17-18-38(28)48(44,45)25-9-5-2-6-10-25/h1-16,19,28,36H,17-18,20H2,(H,35,39)/t28-/m1/s1. The Balaban J connectivity index is 1.39. The molecule has 0 bridgehead atoms. The Hall–Kier alpha value is -4.00. The highest BCUT2D eigenvalue weighted by atomic mass is 35.5. The van der Waals surface area contributed by atoms with Gasteiger partial charge in [-0.05, 0) is 66.7 Å². The molecule has 48 heavy (non-hydrogen) atoms. The first-order chi connectivity index (χ1) is 22.5. The van der Waals surface area contributed by atoms with Gasteiger partial charge < -0.3 is 5.32 Å². The smallest absolute Gasteiger partial charge is 0.325 e. The van der Waals surface area contributed by atoms with Crippen LogP contribution in [0.5, 0.6) is 0 Å². The molecule has 4 aromatic rings. The van der Waals surface area contributed by atoms with Crippen LogP contribution < -0.4 is 10.0 Å². The highest BCUT2D eigenvalue weighted by Crippen LogP contribution is 2.36. The van der Waals surface area contributed by atoms with E-state index in [4.69, 9.17) is 11.6 Å². The Morgan fingerprint density at radius 1 is 0.708 bits per heavy atom. The molecule has 1 aliphatic heterocycles. The second-order valence-corrected chi connectivity index (χ2v) is 16.4. The van der Waals surface area contributed by atoms with Crippen molar-refractivity contribution in [3.05, 3.63) is 114 Å². The molecule has 254 valence electrons. The van der Waals surface area contributed by atoms with Crippen LogP contribution in [-0.4, -0.2) is 65.4 Å². The van der Waals surface area contributed by atoms with Crippen molar-refractivity contribution in [1.29, 1.82) is 0 Å². The second kappa shape index (κ2) is 13.5. The van der Waals surface area contributed by atoms with Gasteiger partial charge in [0.25, 0.3) is 10.0 Å². The number of sulfonamides is 3. The van der Waals surface area contributed by atoms with Gasteiger partial charge in [0.2, 0.25) is 26.0 Å². The quantitative estimate of drug-likeness (QED) is 0.249. The van der Waals surface area contributed by atoms with E-state index in [2.05, 4.69) is 5.32 Å². The molecule has 0 unspecified atom stereocenters. The van der Waals surface area contributed by atoms with Crippen LogP contribution in [0.2, 0.25) is 5.02 Å². The number of nitrogens with zero attached hydrogens (tertiary/aromatic N) is 2. The van der Waals surface area contributed by atoms with Crippen molar-refractivity contribution in [2.45, 2.75) is 26.9 Å². The normalized spacial score (nSPS) is 16.7. The molecule has 0 aliphatic carbocycles. The van der Waals surface area contributed by atoms with E-state index in [0.29, 0.717) is 6.07 Å². The molecule has 4 aromatic carbocycles. The molecule has 0 aromatic heterocycles. The summed E-state index contributed by atoms with van der Waals surface area (Å²) < 4.78 is 124. The van der Waals surface area contributed by atoms with Gasteiger partial charge in [0, 0.05) is 31.0 Å². The second-order valence-electron chi connectivity index (χ2n) is 10.4. The van der Waals surface area contributed by atoms with E-state index in [1.807, 2.05) is 4.72 Å². The van der Waals surface area contributed by atoms with Gasteiger partial charge >= 0.3 is 6.18 Å². The molecule has 5 rings (SSSR count). The molecule has 11 nitrogen and oxygen atoms in total. The summed E-state index contributed by atoms with van der Waals surface area (Å²) in [5.41, 5.74) is -1.59. The van der Waals surface area contributed by atoms with Crippen LogP contribution in [0.25, 0.3) is 0 Å². The average molecular weight is 743 g/mol. The first kappa shape index (κ1) is 35.3. The third kappa shape index (κ3) is 7.50. The molecule has 0 spiro atoms. The van der Waals surface area contributed by atoms with Crippen LogP contribution >= 0.6 is 11.6 Å². The topological polar surface area (TPSA) is 150 Å². The first-order valence-corrected chi connectivity index (χ1v) is 18.7. The fourth-order valence-corrected chi connectivity index (χ4v) is 9.22. The number of hydrogen-bond donors (Lipinski definition) is 2. The van der Waals surface area contributed by atoms with Crippen molar-refractivity contribution >= 4 is 59.0 Å². The number of amides is 1. The van der Waals surface area contributed by atoms with Crippen LogP contribution in [0.15, 0.2) is 118 Å². The molecule has 0 saturated carbocycles. The highest BCUT2D eigenvalue weighted by molar-refractivity contribution is 7.92. The Morgan fingerprint density at radius 2 is 1.25 bits per heavy atom. The van der Waals surface area contributed by atoms with Gasteiger partial charge in [-0.1, -0.05) is 48.0 Å². The van der Waals surface area contributed by atoms with Crippen molar-refractivity contribution in [2.75, 3.05) is 29.7 Å². The van der Waals surface area contributed by atoms with Crippen molar-refractivity contribution in [3.63, 3.8) is 0 Å². The van der Waals surface area contributed by atoms with Gasteiger partial charge in [0.15, 0.2) is 0 Å². The summed E-state index contributed by atoms with van der Waals surface area (Å²) in [5, 5.41) is 1.90. The van der Waals surface area contributed by atoms with Gasteiger partial charge in [-0.15, -0.1) is 0 Å². The summed E-state index contributed by atoms with van der Waals surface area (Å²) in [6, 6.07) is 20.3. The average Bonchev–Trinajstić information content (AvgIpc) is 3.05. The molecule has 1 atom stereocenters. The number of halogens is 4. The van der Waals surface area contributed by atoms with E-state index in [1.165, 1.54) is 60.7 Å². The zero-order valence-corrected chi connectivity index (χ0v) is 27.7. The third-order valence-electron chi connectivity index (χ3n) is 7.28. The van der Waals surface area contributed by atoms with Crippen LogP contribution in [-0.2, 0) is 41.0 Å². The largest absolute Gasteiger partial charge is 0.417 e. The van der Waals surface area contributed by atoms with E-state index in [-0.39, 0.29) is 33.5 Å². The fourth-order valence-electron chi connectivity index (χ4n) is 4.89. The zero-order chi connectivity index (χ0) is 34.9. The molecule has 1 amide bonds. The van der Waals surface area contributed by atoms with Crippen LogP contribution in [0.1, 0.15) is 5.56 Å². The fraction of sp³-hybridized carbons (Fsp3) is 0.167. The van der Waals surface area contributed by atoms with Crippen molar-refractivity contribution < 1.29 is 43.2 Å². The minimum Gasteiger partial charge on any atom is -0.325 e. The molecule has 1 heterocycles. The molecule has 2 N–H and O–H groups in total. The number of benzene rings is 4. The van der Waals surface area contributed by atoms with Gasteiger partial charge in [0.1, 0.15) is 6.04 Å². The van der Waals surface area contributed by atoms with E-state index < -0.39 is 71.0 Å². The summed E-state index contributed by atoms with van der Waals surface area (Å²) >= 11 is 5.61. The number of nitrogens with one attached hydrogen (secondary N) is 2. The van der Waals surface area contributed by atoms with E-state index in [1.54, 1.807) is 12.1 Å². The lowest BCUT2D eigenvalue weighted by atomic mass is 10.2. The third-order valence-corrected chi connectivity index (χ3v) is 12.8. The van der Waals surface area contributed by atoms with Crippen LogP contribution in [0.4, 0.5) is 24.5 Å². The number of alkyl halides is 3. The summed E-state index contributed by atoms with van der Waals surface area (Å²) in [7, 11) is -12.8. The minimum absolute atomic E-state index is 0.0323. The Kier molecular flexibility index (Phi) is 9.92. The maximum absolute atomic E-state index is 13.7. The summed E-state index contributed by atoms with van der Waals surface area (Å²) in [5.74, 6) is -0.892. The zero-order valence-electron chi connectivity index (χ0n) is 24.5. The van der Waals surface area contributed by atoms with Gasteiger partial charge in [-0.3, -0.25) is 9.52 Å². The Labute approximate surface area is 280 Å². The Bertz CT molecular complexity index is 2140. The van der Waals surface area contributed by atoms with E-state index in [0.717, 1.165) is 32.9 Å². The van der Waals surface area contributed by atoms with Gasteiger partial charge in [-0.25, -0.2) is 25.3 Å². The predicted molar refractivity (Wildman–Crippen MR) is 172 cm³/mol. The lowest BCUT2D eigenvalue weighted by Crippen LogP contribution is -2.60. The van der Waals surface area contributed by atoms with Gasteiger partial charge in [0.05, 0.1) is 25.3 Å². The van der Waals surface area contributed by atoms with Crippen molar-refractivity contribution in [2.24, 2.45) is 0 Å². The van der Waals surface area contributed by atoms with Crippen molar-refractivity contribution in [3.8, 4) is 0 Å². The SMILES string of the molecule is O=C(Nc1ccc(S(=O)(=O)Nc2ccc(Cl)c(C(F)(F)F)c2)cc1)[C@H]1CN(S(=O)(=O)c2ccccc2)CCN1S(=O)(=O)c1ccccc1. The summed E-state index contributed by atoms with van der Waals surface area (Å²) in [6.45, 7) is -1.10. The molecular formula is C30H26ClF3N4O7S3. The predicted octanol–water partition coefficient (Wildman–Crippen LogP) is 4.86. The first-order valence-electron chi connectivity index (χ1n) is 13.9. The monoisotopic (exact) mass is 742 g/mol. The summed E-state index contributed by atoms with van der Waals surface area (Å²) in [6.07, 6.45) is -4.82. The van der Waals surface area contributed by atoms with E-state index in [9.17, 15) is 43.2 Å². The molecule has 0 radical (unpaired) electrons. The van der Waals surface area contributed by atoms with Gasteiger partial charge in [-0.2, -0.15) is 21.8 Å². The maximum Gasteiger partial charge on any atom is 0.417 e.